The number of fused-ring (bicyclic) bond motifs is 1. The second-order valence-electron chi connectivity index (χ2n) is 5.07. The molecular weight excluding hydrogens is 332 g/mol. The molecule has 3 nitrogen and oxygen atoms in total. The number of hydrogen-bond donors (Lipinski definition) is 0. The van der Waals surface area contributed by atoms with Crippen LogP contribution >= 0.6 is 15.9 Å². The van der Waals surface area contributed by atoms with Gasteiger partial charge in [-0.15, -0.1) is 0 Å². The number of ketones is 1. The Hall–Kier alpha value is -1.81. The highest BCUT2D eigenvalue weighted by molar-refractivity contribution is 9.10. The lowest BCUT2D eigenvalue weighted by Gasteiger charge is -2.18. The molecule has 0 bridgehead atoms. The maximum Gasteiger partial charge on any atom is 0.167 e. The Morgan fingerprint density at radius 1 is 1.10 bits per heavy atom. The number of carbonyl (C=O) groups excluding carboxylic acids is 1. The number of rotatable bonds is 4. The van der Waals surface area contributed by atoms with E-state index in [-0.39, 0.29) is 5.78 Å². The van der Waals surface area contributed by atoms with Crippen LogP contribution in [0.25, 0.3) is 0 Å². The summed E-state index contributed by atoms with van der Waals surface area (Å²) in [5, 5.41) is 0. The van der Waals surface area contributed by atoms with Gasteiger partial charge in [0.1, 0.15) is 11.5 Å². The van der Waals surface area contributed by atoms with Gasteiger partial charge in [0.05, 0.1) is 18.7 Å². The molecule has 0 aliphatic heterocycles. The first-order chi connectivity index (χ1) is 10.1. The van der Waals surface area contributed by atoms with Crippen LogP contribution in [0.4, 0.5) is 0 Å². The Morgan fingerprint density at radius 3 is 2.48 bits per heavy atom. The maximum atomic E-state index is 11.4. The van der Waals surface area contributed by atoms with Crippen molar-refractivity contribution in [3.05, 3.63) is 57.1 Å². The minimum atomic E-state index is 0.237. The summed E-state index contributed by atoms with van der Waals surface area (Å²) in [5.74, 6) is 1.79. The van der Waals surface area contributed by atoms with Crippen molar-refractivity contribution in [2.75, 3.05) is 14.2 Å². The van der Waals surface area contributed by atoms with Crippen LogP contribution in [0.3, 0.4) is 0 Å². The van der Waals surface area contributed by atoms with E-state index in [4.69, 9.17) is 9.47 Å². The zero-order chi connectivity index (χ0) is 15.0. The molecule has 4 heteroatoms. The van der Waals surface area contributed by atoms with E-state index in [0.717, 1.165) is 39.1 Å². The molecule has 0 fully saturated rings. The molecule has 21 heavy (non-hydrogen) atoms. The topological polar surface area (TPSA) is 35.5 Å². The lowest BCUT2D eigenvalue weighted by atomic mass is 9.85. The molecule has 108 valence electrons. The number of benzene rings is 2. The van der Waals surface area contributed by atoms with Crippen molar-refractivity contribution in [1.82, 2.24) is 0 Å². The number of hydrogen-bond acceptors (Lipinski definition) is 3. The van der Waals surface area contributed by atoms with Crippen LogP contribution in [-0.2, 0) is 12.8 Å². The van der Waals surface area contributed by atoms with Gasteiger partial charge < -0.3 is 9.47 Å². The van der Waals surface area contributed by atoms with Gasteiger partial charge in [-0.25, -0.2) is 0 Å². The molecule has 1 aliphatic carbocycles. The van der Waals surface area contributed by atoms with E-state index >= 15 is 0 Å². The highest BCUT2D eigenvalue weighted by Crippen LogP contribution is 2.34. The van der Waals surface area contributed by atoms with Gasteiger partial charge in [0.25, 0.3) is 0 Å². The minimum Gasteiger partial charge on any atom is -0.496 e. The van der Waals surface area contributed by atoms with Gasteiger partial charge in [0.2, 0.25) is 0 Å². The highest BCUT2D eigenvalue weighted by atomic mass is 79.9. The monoisotopic (exact) mass is 346 g/mol. The van der Waals surface area contributed by atoms with Crippen LogP contribution in [0.15, 0.2) is 34.8 Å². The molecule has 0 N–H and O–H groups in total. The molecule has 0 radical (unpaired) electrons. The fraction of sp³-hybridized carbons (Fsp3) is 0.235. The molecule has 2 aromatic carbocycles. The van der Waals surface area contributed by atoms with E-state index in [1.165, 1.54) is 5.56 Å². The predicted octanol–water partition coefficient (Wildman–Crippen LogP) is 3.80. The highest BCUT2D eigenvalue weighted by Gasteiger charge is 2.23. The zero-order valence-corrected chi connectivity index (χ0v) is 13.5. The molecule has 0 atom stereocenters. The summed E-state index contributed by atoms with van der Waals surface area (Å²) in [6.45, 7) is 0. The number of carbonyl (C=O) groups is 1. The van der Waals surface area contributed by atoms with Crippen molar-refractivity contribution in [3.8, 4) is 11.5 Å². The Balaban J connectivity index is 1.92. The third kappa shape index (κ3) is 2.56. The molecule has 0 spiro atoms. The predicted molar refractivity (Wildman–Crippen MR) is 84.5 cm³/mol. The number of halogens is 1. The lowest BCUT2D eigenvalue weighted by Crippen LogP contribution is -2.18. The van der Waals surface area contributed by atoms with E-state index in [9.17, 15) is 4.79 Å². The van der Waals surface area contributed by atoms with Crippen LogP contribution in [-0.4, -0.2) is 20.0 Å². The van der Waals surface area contributed by atoms with Crippen LogP contribution in [0.2, 0.25) is 0 Å². The molecule has 0 amide bonds. The summed E-state index contributed by atoms with van der Waals surface area (Å²) < 4.78 is 11.6. The Kier molecular flexibility index (Phi) is 3.72. The van der Waals surface area contributed by atoms with Crippen LogP contribution in [0.1, 0.15) is 27.0 Å². The second-order valence-corrected chi connectivity index (χ2v) is 5.92. The molecule has 0 saturated heterocycles. The van der Waals surface area contributed by atoms with Gasteiger partial charge in [0, 0.05) is 24.5 Å². The van der Waals surface area contributed by atoms with Crippen molar-refractivity contribution in [1.29, 1.82) is 0 Å². The number of ether oxygens (including phenoxy) is 2. The quantitative estimate of drug-likeness (QED) is 0.844. The van der Waals surface area contributed by atoms with E-state index in [1.54, 1.807) is 14.2 Å². The zero-order valence-electron chi connectivity index (χ0n) is 11.9. The summed E-state index contributed by atoms with van der Waals surface area (Å²) in [4.78, 5) is 11.4. The summed E-state index contributed by atoms with van der Waals surface area (Å²) in [5.41, 5.74) is 4.26. The average molecular weight is 347 g/mol. The molecule has 0 aromatic heterocycles. The second kappa shape index (κ2) is 5.53. The molecule has 3 rings (SSSR count). The van der Waals surface area contributed by atoms with Crippen molar-refractivity contribution in [2.24, 2.45) is 0 Å². The summed E-state index contributed by atoms with van der Waals surface area (Å²) in [6.07, 6.45) is 1.32. The lowest BCUT2D eigenvalue weighted by molar-refractivity contribution is 0.0968. The molecule has 2 aromatic rings. The third-order valence-corrected chi connectivity index (χ3v) is 4.39. The SMILES string of the molecule is COc1cc(OC)c(Cc2ccc3c(c2)CC3=O)cc1Br. The Labute approximate surface area is 132 Å². The Morgan fingerprint density at radius 2 is 1.86 bits per heavy atom. The first-order valence-corrected chi connectivity index (χ1v) is 7.47. The average Bonchev–Trinajstić information content (AvgIpc) is 2.46. The smallest absolute Gasteiger partial charge is 0.167 e. The molecule has 0 saturated carbocycles. The number of methoxy groups -OCH3 is 2. The normalized spacial score (nSPS) is 12.6. The minimum absolute atomic E-state index is 0.237. The largest absolute Gasteiger partial charge is 0.496 e. The fourth-order valence-electron chi connectivity index (χ4n) is 2.62. The van der Waals surface area contributed by atoms with Crippen molar-refractivity contribution in [2.45, 2.75) is 12.8 Å². The van der Waals surface area contributed by atoms with Gasteiger partial charge in [0.15, 0.2) is 5.78 Å². The van der Waals surface area contributed by atoms with E-state index in [2.05, 4.69) is 22.0 Å². The summed E-state index contributed by atoms with van der Waals surface area (Å²) >= 11 is 3.50. The molecule has 0 heterocycles. The van der Waals surface area contributed by atoms with E-state index in [1.807, 2.05) is 24.3 Å². The van der Waals surface area contributed by atoms with Gasteiger partial charge in [-0.3, -0.25) is 4.79 Å². The summed E-state index contributed by atoms with van der Waals surface area (Å²) in [7, 11) is 3.29. The van der Waals surface area contributed by atoms with Crippen LogP contribution in [0, 0.1) is 0 Å². The van der Waals surface area contributed by atoms with Gasteiger partial charge in [-0.1, -0.05) is 18.2 Å². The van der Waals surface area contributed by atoms with Crippen molar-refractivity contribution < 1.29 is 14.3 Å². The van der Waals surface area contributed by atoms with Gasteiger partial charge in [-0.2, -0.15) is 0 Å². The first-order valence-electron chi connectivity index (χ1n) is 6.67. The molecule has 1 aliphatic rings. The maximum absolute atomic E-state index is 11.4. The van der Waals surface area contributed by atoms with Gasteiger partial charge >= 0.3 is 0 Å². The standard InChI is InChI=1S/C17H15BrO3/c1-20-16-9-17(21-2)14(18)7-12(16)6-10-3-4-13-11(5-10)8-15(13)19/h3-5,7,9H,6,8H2,1-2H3. The van der Waals surface area contributed by atoms with Crippen molar-refractivity contribution in [3.63, 3.8) is 0 Å². The van der Waals surface area contributed by atoms with E-state index in [0.29, 0.717) is 6.42 Å². The molecule has 0 unspecified atom stereocenters. The first kappa shape index (κ1) is 14.1. The fourth-order valence-corrected chi connectivity index (χ4v) is 3.17. The summed E-state index contributed by atoms with van der Waals surface area (Å²) in [6, 6.07) is 9.93. The molecular formula is C17H15BrO3. The van der Waals surface area contributed by atoms with Crippen LogP contribution in [0.5, 0.6) is 11.5 Å². The van der Waals surface area contributed by atoms with Crippen molar-refractivity contribution >= 4 is 21.7 Å². The van der Waals surface area contributed by atoms with E-state index < -0.39 is 0 Å². The van der Waals surface area contributed by atoms with Gasteiger partial charge in [-0.05, 0) is 38.7 Å². The van der Waals surface area contributed by atoms with Crippen LogP contribution < -0.4 is 9.47 Å². The third-order valence-electron chi connectivity index (χ3n) is 3.77. The Bertz CT molecular complexity index is 722. The number of Topliss-reactive ketones (excluding diaryl/α,β-unsaturated/α-hetero) is 1.